The molecule has 0 aromatic heterocycles. The van der Waals surface area contributed by atoms with Crippen LogP contribution in [0.2, 0.25) is 0 Å². The molecule has 3 rings (SSSR count). The standard InChI is InChI=1S/C38H51N/c1-9-13-14-15-17-31(11-3)36(12-4)37-27-26-35(28-29(37)5)39(38(6,7)8)34-24-22-33(23-25-34)32-20-18-30(16-10-2)19-21-32/h11-12,18-28H,9-10,13-17H2,1-8H3/b31-11-,36-12+. The summed E-state index contributed by atoms with van der Waals surface area (Å²) in [5.74, 6) is 0. The lowest BCUT2D eigenvalue weighted by molar-refractivity contribution is 0.560. The second-order valence-electron chi connectivity index (χ2n) is 11.8. The fourth-order valence-electron chi connectivity index (χ4n) is 5.66. The maximum absolute atomic E-state index is 2.47. The zero-order valence-electron chi connectivity index (χ0n) is 25.9. The SMILES string of the molecule is C/C=C(CCCCCC)\C(=C/C)c1ccc(N(c2ccc(-c3ccc(CCC)cc3)cc2)C(C)(C)C)cc1C. The Hall–Kier alpha value is -3.06. The average Bonchev–Trinajstić information content (AvgIpc) is 2.91. The summed E-state index contributed by atoms with van der Waals surface area (Å²) in [6.45, 7) is 18.0. The molecule has 0 saturated carbocycles. The maximum atomic E-state index is 2.47. The van der Waals surface area contributed by atoms with E-state index in [1.165, 1.54) is 82.4 Å². The lowest BCUT2D eigenvalue weighted by atomic mass is 9.90. The van der Waals surface area contributed by atoms with Gasteiger partial charge in [-0.1, -0.05) is 94.1 Å². The molecule has 3 aromatic rings. The Morgan fingerprint density at radius 1 is 0.718 bits per heavy atom. The summed E-state index contributed by atoms with van der Waals surface area (Å²) < 4.78 is 0. The minimum Gasteiger partial charge on any atom is -0.336 e. The van der Waals surface area contributed by atoms with Gasteiger partial charge in [0.05, 0.1) is 0 Å². The van der Waals surface area contributed by atoms with Gasteiger partial charge in [0.2, 0.25) is 0 Å². The highest BCUT2D eigenvalue weighted by molar-refractivity contribution is 5.82. The van der Waals surface area contributed by atoms with E-state index in [1.54, 1.807) is 0 Å². The van der Waals surface area contributed by atoms with Gasteiger partial charge in [0.25, 0.3) is 0 Å². The first-order valence-electron chi connectivity index (χ1n) is 15.2. The summed E-state index contributed by atoms with van der Waals surface area (Å²) >= 11 is 0. The van der Waals surface area contributed by atoms with Gasteiger partial charge in [0.1, 0.15) is 0 Å². The van der Waals surface area contributed by atoms with E-state index >= 15 is 0 Å². The van der Waals surface area contributed by atoms with Crippen molar-refractivity contribution in [2.75, 3.05) is 4.90 Å². The topological polar surface area (TPSA) is 3.24 Å². The van der Waals surface area contributed by atoms with E-state index in [0.717, 1.165) is 12.8 Å². The van der Waals surface area contributed by atoms with Crippen molar-refractivity contribution in [3.8, 4) is 11.1 Å². The van der Waals surface area contributed by atoms with Crippen molar-refractivity contribution in [2.45, 2.75) is 106 Å². The number of rotatable bonds is 12. The molecule has 3 aromatic carbocycles. The Bertz CT molecular complexity index is 1230. The number of hydrogen-bond donors (Lipinski definition) is 0. The van der Waals surface area contributed by atoms with Gasteiger partial charge in [-0.3, -0.25) is 0 Å². The van der Waals surface area contributed by atoms with Crippen molar-refractivity contribution in [3.05, 3.63) is 101 Å². The number of anilines is 2. The number of benzene rings is 3. The summed E-state index contributed by atoms with van der Waals surface area (Å²) in [4.78, 5) is 2.47. The van der Waals surface area contributed by atoms with Gasteiger partial charge in [-0.2, -0.15) is 0 Å². The molecule has 1 nitrogen and oxygen atoms in total. The van der Waals surface area contributed by atoms with E-state index in [-0.39, 0.29) is 5.54 Å². The third kappa shape index (κ3) is 7.98. The summed E-state index contributed by atoms with van der Waals surface area (Å²) in [5.41, 5.74) is 11.9. The number of nitrogens with zero attached hydrogens (tertiary/aromatic N) is 1. The van der Waals surface area contributed by atoms with Crippen molar-refractivity contribution in [2.24, 2.45) is 0 Å². The van der Waals surface area contributed by atoms with Crippen LogP contribution in [0, 0.1) is 6.92 Å². The van der Waals surface area contributed by atoms with Gasteiger partial charge in [0, 0.05) is 16.9 Å². The summed E-state index contributed by atoms with van der Waals surface area (Å²) in [6, 6.07) is 25.1. The predicted molar refractivity (Wildman–Crippen MR) is 175 cm³/mol. The fraction of sp³-hybridized carbons (Fsp3) is 0.421. The molecule has 0 fully saturated rings. The van der Waals surface area contributed by atoms with E-state index in [1.807, 2.05) is 0 Å². The lowest BCUT2D eigenvalue weighted by Gasteiger charge is -2.38. The smallest absolute Gasteiger partial charge is 0.0419 e. The van der Waals surface area contributed by atoms with Crippen molar-refractivity contribution in [1.29, 1.82) is 0 Å². The van der Waals surface area contributed by atoms with E-state index < -0.39 is 0 Å². The number of allylic oxidation sites excluding steroid dienone is 4. The van der Waals surface area contributed by atoms with Crippen molar-refractivity contribution in [3.63, 3.8) is 0 Å². The molecule has 0 aliphatic rings. The summed E-state index contributed by atoms with van der Waals surface area (Å²) in [7, 11) is 0. The highest BCUT2D eigenvalue weighted by atomic mass is 15.2. The highest BCUT2D eigenvalue weighted by Crippen LogP contribution is 2.38. The maximum Gasteiger partial charge on any atom is 0.0419 e. The zero-order chi connectivity index (χ0) is 28.4. The van der Waals surface area contributed by atoms with Gasteiger partial charge in [0.15, 0.2) is 0 Å². The van der Waals surface area contributed by atoms with Gasteiger partial charge in [-0.05, 0) is 124 Å². The Morgan fingerprint density at radius 2 is 1.33 bits per heavy atom. The van der Waals surface area contributed by atoms with Crippen LogP contribution in [0.1, 0.15) is 104 Å². The van der Waals surface area contributed by atoms with E-state index in [0.29, 0.717) is 0 Å². The first kappa shape index (κ1) is 30.5. The molecule has 0 N–H and O–H groups in total. The molecule has 0 atom stereocenters. The first-order valence-corrected chi connectivity index (χ1v) is 15.2. The molecule has 0 aliphatic heterocycles. The van der Waals surface area contributed by atoms with Gasteiger partial charge < -0.3 is 4.90 Å². The summed E-state index contributed by atoms with van der Waals surface area (Å²) in [5, 5.41) is 0. The molecular weight excluding hydrogens is 470 g/mol. The molecule has 0 unspecified atom stereocenters. The van der Waals surface area contributed by atoms with Crippen molar-refractivity contribution < 1.29 is 0 Å². The second-order valence-corrected chi connectivity index (χ2v) is 11.8. The highest BCUT2D eigenvalue weighted by Gasteiger charge is 2.24. The Balaban J connectivity index is 1.89. The second kappa shape index (κ2) is 14.4. The van der Waals surface area contributed by atoms with Crippen molar-refractivity contribution in [1.82, 2.24) is 0 Å². The van der Waals surface area contributed by atoms with Gasteiger partial charge >= 0.3 is 0 Å². The molecule has 39 heavy (non-hydrogen) atoms. The van der Waals surface area contributed by atoms with Crippen LogP contribution in [0.5, 0.6) is 0 Å². The molecule has 0 heterocycles. The van der Waals surface area contributed by atoms with Crippen LogP contribution >= 0.6 is 0 Å². The average molecular weight is 522 g/mol. The molecular formula is C38H51N. The van der Waals surface area contributed by atoms with Crippen LogP contribution in [0.15, 0.2) is 84.5 Å². The van der Waals surface area contributed by atoms with Crippen molar-refractivity contribution >= 4 is 16.9 Å². The third-order valence-corrected chi connectivity index (χ3v) is 7.66. The van der Waals surface area contributed by atoms with Crippen LogP contribution in [-0.2, 0) is 6.42 Å². The molecule has 0 bridgehead atoms. The molecule has 0 saturated heterocycles. The number of aryl methyl sites for hydroxylation is 2. The molecule has 0 spiro atoms. The van der Waals surface area contributed by atoms with Crippen LogP contribution in [-0.4, -0.2) is 5.54 Å². The summed E-state index contributed by atoms with van der Waals surface area (Å²) in [6.07, 6.45) is 13.3. The van der Waals surface area contributed by atoms with Gasteiger partial charge in [-0.15, -0.1) is 0 Å². The van der Waals surface area contributed by atoms with Crippen LogP contribution in [0.3, 0.4) is 0 Å². The lowest BCUT2D eigenvalue weighted by Crippen LogP contribution is -2.37. The molecule has 0 aliphatic carbocycles. The van der Waals surface area contributed by atoms with E-state index in [9.17, 15) is 0 Å². The van der Waals surface area contributed by atoms with Gasteiger partial charge in [-0.25, -0.2) is 0 Å². The molecule has 0 amide bonds. The molecule has 1 heteroatoms. The minimum absolute atomic E-state index is 0.0611. The third-order valence-electron chi connectivity index (χ3n) is 7.66. The van der Waals surface area contributed by atoms with E-state index in [4.69, 9.17) is 0 Å². The zero-order valence-corrected chi connectivity index (χ0v) is 25.9. The Kier molecular flexibility index (Phi) is 11.2. The quantitative estimate of drug-likeness (QED) is 0.169. The molecule has 208 valence electrons. The Morgan fingerprint density at radius 3 is 1.85 bits per heavy atom. The monoisotopic (exact) mass is 521 g/mol. The normalized spacial score (nSPS) is 12.6. The van der Waals surface area contributed by atoms with Crippen LogP contribution in [0.4, 0.5) is 11.4 Å². The minimum atomic E-state index is -0.0611. The number of unbranched alkanes of at least 4 members (excludes halogenated alkanes) is 3. The Labute approximate surface area is 239 Å². The van der Waals surface area contributed by atoms with Crippen LogP contribution < -0.4 is 4.90 Å². The van der Waals surface area contributed by atoms with E-state index in [2.05, 4.69) is 139 Å². The predicted octanol–water partition coefficient (Wildman–Crippen LogP) is 11.9. The first-order chi connectivity index (χ1) is 18.7. The van der Waals surface area contributed by atoms with Crippen LogP contribution in [0.25, 0.3) is 16.7 Å². The number of hydrogen-bond acceptors (Lipinski definition) is 1. The largest absolute Gasteiger partial charge is 0.336 e. The fourth-order valence-corrected chi connectivity index (χ4v) is 5.66. The molecule has 0 radical (unpaired) electrons.